The minimum Gasteiger partial charge on any atom is -0.354 e. The SMILES string of the molecule is O=C(CCCC[C@H]1CCSS1)NCCOS(=O)(=O)O. The normalized spacial score (nSPS) is 19.5. The highest BCUT2D eigenvalue weighted by Gasteiger charge is 2.15. The van der Waals surface area contributed by atoms with Crippen LogP contribution >= 0.6 is 21.6 Å². The summed E-state index contributed by atoms with van der Waals surface area (Å²) in [6, 6.07) is 0. The average Bonchev–Trinajstić information content (AvgIpc) is 2.82. The summed E-state index contributed by atoms with van der Waals surface area (Å²) >= 11 is 0. The van der Waals surface area contributed by atoms with Gasteiger partial charge in [0.25, 0.3) is 0 Å². The van der Waals surface area contributed by atoms with Gasteiger partial charge >= 0.3 is 10.4 Å². The number of hydrogen-bond donors (Lipinski definition) is 2. The predicted molar refractivity (Wildman–Crippen MR) is 77.4 cm³/mol. The fourth-order valence-corrected chi connectivity index (χ4v) is 4.97. The molecule has 1 aliphatic heterocycles. The van der Waals surface area contributed by atoms with Gasteiger partial charge in [-0.1, -0.05) is 28.0 Å². The molecule has 0 aromatic heterocycles. The molecular formula is C10H19NO5S3. The van der Waals surface area contributed by atoms with E-state index < -0.39 is 10.4 Å². The highest BCUT2D eigenvalue weighted by Crippen LogP contribution is 2.39. The number of amides is 1. The van der Waals surface area contributed by atoms with Crippen LogP contribution in [0.4, 0.5) is 0 Å². The maximum absolute atomic E-state index is 11.4. The maximum atomic E-state index is 11.4. The van der Waals surface area contributed by atoms with E-state index in [2.05, 4.69) is 9.50 Å². The number of carbonyl (C=O) groups excluding carboxylic acids is 1. The van der Waals surface area contributed by atoms with Crippen molar-refractivity contribution in [2.24, 2.45) is 0 Å². The lowest BCUT2D eigenvalue weighted by atomic mass is 10.1. The number of hydrogen-bond acceptors (Lipinski definition) is 6. The Balaban J connectivity index is 1.92. The van der Waals surface area contributed by atoms with Crippen molar-refractivity contribution in [1.82, 2.24) is 5.32 Å². The lowest BCUT2D eigenvalue weighted by Crippen LogP contribution is -2.27. The van der Waals surface area contributed by atoms with Crippen LogP contribution in [-0.2, 0) is 19.4 Å². The minimum absolute atomic E-state index is 0.0771. The van der Waals surface area contributed by atoms with Gasteiger partial charge in [-0.05, 0) is 19.3 Å². The van der Waals surface area contributed by atoms with Crippen molar-refractivity contribution in [1.29, 1.82) is 0 Å². The fraction of sp³-hybridized carbons (Fsp3) is 0.900. The Morgan fingerprint density at radius 3 is 2.84 bits per heavy atom. The fourth-order valence-electron chi connectivity index (χ4n) is 1.65. The van der Waals surface area contributed by atoms with Crippen molar-refractivity contribution in [2.45, 2.75) is 37.4 Å². The molecule has 0 aromatic rings. The van der Waals surface area contributed by atoms with E-state index in [1.54, 1.807) is 0 Å². The molecule has 0 radical (unpaired) electrons. The van der Waals surface area contributed by atoms with Crippen LogP contribution in [0, 0.1) is 0 Å². The zero-order valence-corrected chi connectivity index (χ0v) is 13.0. The number of nitrogens with one attached hydrogen (secondary N) is 1. The van der Waals surface area contributed by atoms with Crippen molar-refractivity contribution in [3.8, 4) is 0 Å². The topological polar surface area (TPSA) is 92.7 Å². The van der Waals surface area contributed by atoms with Crippen LogP contribution in [0.5, 0.6) is 0 Å². The molecule has 0 aliphatic carbocycles. The second kappa shape index (κ2) is 9.06. The monoisotopic (exact) mass is 329 g/mol. The Morgan fingerprint density at radius 2 is 2.21 bits per heavy atom. The van der Waals surface area contributed by atoms with Gasteiger partial charge in [0.2, 0.25) is 5.91 Å². The van der Waals surface area contributed by atoms with Gasteiger partial charge in [-0.2, -0.15) is 8.42 Å². The van der Waals surface area contributed by atoms with Gasteiger partial charge in [0.1, 0.15) is 0 Å². The molecule has 112 valence electrons. The van der Waals surface area contributed by atoms with Crippen LogP contribution in [0.15, 0.2) is 0 Å². The molecule has 19 heavy (non-hydrogen) atoms. The van der Waals surface area contributed by atoms with E-state index in [0.29, 0.717) is 6.42 Å². The highest BCUT2D eigenvalue weighted by molar-refractivity contribution is 8.77. The Kier molecular flexibility index (Phi) is 8.15. The highest BCUT2D eigenvalue weighted by atomic mass is 33.1. The van der Waals surface area contributed by atoms with E-state index in [1.165, 1.54) is 12.2 Å². The van der Waals surface area contributed by atoms with Gasteiger partial charge in [0.05, 0.1) is 6.61 Å². The van der Waals surface area contributed by atoms with E-state index >= 15 is 0 Å². The van der Waals surface area contributed by atoms with Gasteiger partial charge in [-0.15, -0.1) is 0 Å². The van der Waals surface area contributed by atoms with E-state index in [0.717, 1.165) is 24.5 Å². The molecule has 1 heterocycles. The Morgan fingerprint density at radius 1 is 1.42 bits per heavy atom. The smallest absolute Gasteiger partial charge is 0.354 e. The molecule has 2 N–H and O–H groups in total. The van der Waals surface area contributed by atoms with Crippen LogP contribution in [0.1, 0.15) is 32.1 Å². The molecule has 0 bridgehead atoms. The Bertz CT molecular complexity index is 367. The zero-order valence-electron chi connectivity index (χ0n) is 10.5. The number of carbonyl (C=O) groups is 1. The molecule has 0 unspecified atom stereocenters. The van der Waals surface area contributed by atoms with Gasteiger partial charge in [-0.3, -0.25) is 9.35 Å². The predicted octanol–water partition coefficient (Wildman–Crippen LogP) is 1.64. The maximum Gasteiger partial charge on any atom is 0.397 e. The molecule has 6 nitrogen and oxygen atoms in total. The third-order valence-corrected chi connectivity index (χ3v) is 6.04. The van der Waals surface area contributed by atoms with E-state index in [1.807, 2.05) is 21.6 Å². The van der Waals surface area contributed by atoms with Gasteiger partial charge in [-0.25, -0.2) is 4.18 Å². The summed E-state index contributed by atoms with van der Waals surface area (Å²) in [5.41, 5.74) is 0. The molecule has 9 heteroatoms. The van der Waals surface area contributed by atoms with Gasteiger partial charge < -0.3 is 5.32 Å². The van der Waals surface area contributed by atoms with Crippen LogP contribution < -0.4 is 5.32 Å². The molecular weight excluding hydrogens is 310 g/mol. The summed E-state index contributed by atoms with van der Waals surface area (Å²) in [7, 11) is -0.553. The first-order chi connectivity index (χ1) is 8.97. The Hall–Kier alpha value is 0.0400. The average molecular weight is 329 g/mol. The molecule has 0 saturated carbocycles. The molecule has 0 spiro atoms. The zero-order chi connectivity index (χ0) is 14.1. The summed E-state index contributed by atoms with van der Waals surface area (Å²) in [6.07, 6.45) is 4.72. The third-order valence-electron chi connectivity index (χ3n) is 2.56. The first kappa shape index (κ1) is 17.1. The van der Waals surface area contributed by atoms with Crippen molar-refractivity contribution in [3.63, 3.8) is 0 Å². The van der Waals surface area contributed by atoms with Crippen LogP contribution in [-0.4, -0.2) is 43.0 Å². The standard InChI is InChI=1S/C10H19NO5S3/c12-10(11-6-7-16-19(13,14)15)4-2-1-3-9-5-8-17-18-9/h9H,1-8H2,(H,11,12)(H,13,14,15)/t9-/m0/s1. The van der Waals surface area contributed by atoms with Crippen LogP contribution in [0.25, 0.3) is 0 Å². The van der Waals surface area contributed by atoms with E-state index in [-0.39, 0.29) is 19.1 Å². The summed E-state index contributed by atoms with van der Waals surface area (Å²) in [5.74, 6) is 1.11. The third kappa shape index (κ3) is 9.55. The van der Waals surface area contributed by atoms with E-state index in [9.17, 15) is 13.2 Å². The second-order valence-corrected chi connectivity index (χ2v) is 8.05. The molecule has 1 fully saturated rings. The van der Waals surface area contributed by atoms with Crippen molar-refractivity contribution >= 4 is 37.9 Å². The molecule has 1 saturated heterocycles. The first-order valence-corrected chi connectivity index (χ1v) is 9.89. The quantitative estimate of drug-likeness (QED) is 0.377. The largest absolute Gasteiger partial charge is 0.397 e. The molecule has 1 aliphatic rings. The summed E-state index contributed by atoms with van der Waals surface area (Å²) < 4.78 is 32.8. The molecule has 1 rings (SSSR count). The summed E-state index contributed by atoms with van der Waals surface area (Å²) in [6.45, 7) is -0.172. The summed E-state index contributed by atoms with van der Waals surface area (Å²) in [5, 5.41) is 3.27. The minimum atomic E-state index is -4.41. The molecule has 1 atom stereocenters. The summed E-state index contributed by atoms with van der Waals surface area (Å²) in [4.78, 5) is 11.4. The van der Waals surface area contributed by atoms with Gasteiger partial charge in [0.15, 0.2) is 0 Å². The van der Waals surface area contributed by atoms with Gasteiger partial charge in [0, 0.05) is 24.0 Å². The first-order valence-electron chi connectivity index (χ1n) is 6.14. The number of unbranched alkanes of at least 4 members (excludes halogenated alkanes) is 1. The van der Waals surface area contributed by atoms with E-state index in [4.69, 9.17) is 4.55 Å². The molecule has 1 amide bonds. The van der Waals surface area contributed by atoms with Crippen LogP contribution in [0.2, 0.25) is 0 Å². The number of rotatable bonds is 9. The van der Waals surface area contributed by atoms with Crippen molar-refractivity contribution in [3.05, 3.63) is 0 Å². The molecule has 0 aromatic carbocycles. The Labute approximate surface area is 121 Å². The lowest BCUT2D eigenvalue weighted by Gasteiger charge is -2.07. The van der Waals surface area contributed by atoms with Crippen LogP contribution in [0.3, 0.4) is 0 Å². The lowest BCUT2D eigenvalue weighted by molar-refractivity contribution is -0.121. The van der Waals surface area contributed by atoms with Crippen molar-refractivity contribution < 1.29 is 21.9 Å². The van der Waals surface area contributed by atoms with Crippen molar-refractivity contribution in [2.75, 3.05) is 18.9 Å². The second-order valence-electron chi connectivity index (χ2n) is 4.17.